The predicted octanol–water partition coefficient (Wildman–Crippen LogP) is 5.09. The quantitative estimate of drug-likeness (QED) is 0.125. The van der Waals surface area contributed by atoms with Crippen molar-refractivity contribution in [3.8, 4) is 0 Å². The number of hydrogen-bond acceptors (Lipinski definition) is 6. The number of amides is 3. The summed E-state index contributed by atoms with van der Waals surface area (Å²) < 4.78 is 0. The van der Waals surface area contributed by atoms with Gasteiger partial charge in [-0.15, -0.1) is 0 Å². The van der Waals surface area contributed by atoms with E-state index in [1.807, 2.05) is 117 Å². The van der Waals surface area contributed by atoms with Gasteiger partial charge in [0.1, 0.15) is 5.78 Å². The molecule has 4 N–H and O–H groups in total. The van der Waals surface area contributed by atoms with Gasteiger partial charge in [-0.05, 0) is 53.1 Å². The zero-order valence-electron chi connectivity index (χ0n) is 28.8. The minimum Gasteiger partial charge on any atom is -0.369 e. The molecule has 9 nitrogen and oxygen atoms in total. The molecule has 0 spiro atoms. The van der Waals surface area contributed by atoms with E-state index in [2.05, 4.69) is 10.6 Å². The Kier molecular flexibility index (Phi) is 13.3. The fourth-order valence-electron chi connectivity index (χ4n) is 6.20. The summed E-state index contributed by atoms with van der Waals surface area (Å²) in [7, 11) is 0. The third kappa shape index (κ3) is 10.5. The maximum absolute atomic E-state index is 13.8. The smallest absolute Gasteiger partial charge is 0.289 e. The zero-order valence-corrected chi connectivity index (χ0v) is 28.8. The van der Waals surface area contributed by atoms with Crippen LogP contribution in [0.15, 0.2) is 103 Å². The predicted molar refractivity (Wildman–Crippen MR) is 193 cm³/mol. The minimum absolute atomic E-state index is 0.0552. The van der Waals surface area contributed by atoms with Gasteiger partial charge < -0.3 is 16.4 Å². The number of rotatable bonds is 18. The average molecular weight is 676 g/mol. The van der Waals surface area contributed by atoms with Gasteiger partial charge in [-0.2, -0.15) is 0 Å². The molecule has 1 unspecified atom stereocenters. The van der Waals surface area contributed by atoms with Gasteiger partial charge in [0, 0.05) is 24.7 Å². The van der Waals surface area contributed by atoms with Crippen LogP contribution in [0.1, 0.15) is 62.6 Å². The summed E-state index contributed by atoms with van der Waals surface area (Å²) in [6.07, 6.45) is 0.385. The van der Waals surface area contributed by atoms with Crippen LogP contribution >= 0.6 is 0 Å². The first-order valence-electron chi connectivity index (χ1n) is 17.0. The van der Waals surface area contributed by atoms with Gasteiger partial charge in [0.2, 0.25) is 17.6 Å². The van der Waals surface area contributed by atoms with E-state index in [9.17, 15) is 28.8 Å². The van der Waals surface area contributed by atoms with E-state index in [0.29, 0.717) is 6.42 Å². The van der Waals surface area contributed by atoms with E-state index in [0.717, 1.165) is 27.5 Å². The van der Waals surface area contributed by atoms with Crippen molar-refractivity contribution in [2.75, 3.05) is 6.54 Å². The van der Waals surface area contributed by atoms with Crippen molar-refractivity contribution in [2.24, 2.45) is 23.5 Å². The van der Waals surface area contributed by atoms with Crippen molar-refractivity contribution in [1.82, 2.24) is 10.6 Å². The Hall–Kier alpha value is -5.44. The number of hydrogen-bond donors (Lipinski definition) is 3. The summed E-state index contributed by atoms with van der Waals surface area (Å²) >= 11 is 0. The first-order chi connectivity index (χ1) is 23.9. The van der Waals surface area contributed by atoms with Crippen LogP contribution < -0.4 is 16.4 Å². The normalized spacial score (nSPS) is 13.0. The summed E-state index contributed by atoms with van der Waals surface area (Å²) in [5.41, 5.74) is 8.08. The Balaban J connectivity index is 1.33. The average Bonchev–Trinajstić information content (AvgIpc) is 3.10. The molecule has 0 fully saturated rings. The van der Waals surface area contributed by atoms with Gasteiger partial charge >= 0.3 is 0 Å². The monoisotopic (exact) mass is 675 g/mol. The maximum Gasteiger partial charge on any atom is 0.289 e. The molecule has 9 heteroatoms. The third-order valence-corrected chi connectivity index (χ3v) is 8.76. The fraction of sp³-hybridized carbons (Fsp3) is 0.317. The van der Waals surface area contributed by atoms with Crippen LogP contribution in [0.4, 0.5) is 0 Å². The molecule has 0 aliphatic carbocycles. The molecule has 0 radical (unpaired) electrons. The zero-order chi connectivity index (χ0) is 36.2. The molecule has 0 aromatic heterocycles. The van der Waals surface area contributed by atoms with Gasteiger partial charge in [-0.3, -0.25) is 28.8 Å². The van der Waals surface area contributed by atoms with Crippen molar-refractivity contribution in [3.05, 3.63) is 120 Å². The molecule has 4 aromatic carbocycles. The number of benzene rings is 4. The van der Waals surface area contributed by atoms with E-state index >= 15 is 0 Å². The van der Waals surface area contributed by atoms with Crippen LogP contribution in [-0.2, 0) is 35.2 Å². The summed E-state index contributed by atoms with van der Waals surface area (Å²) in [6.45, 7) is 4.80. The van der Waals surface area contributed by atoms with Crippen LogP contribution in [0.3, 0.4) is 0 Å². The van der Waals surface area contributed by atoms with Crippen molar-refractivity contribution >= 4 is 45.8 Å². The Labute approximate surface area is 293 Å². The molecular weight excluding hydrogens is 630 g/mol. The summed E-state index contributed by atoms with van der Waals surface area (Å²) in [5, 5.41) is 6.98. The molecule has 50 heavy (non-hydrogen) atoms. The van der Waals surface area contributed by atoms with Gasteiger partial charge in [0.15, 0.2) is 5.78 Å². The molecule has 0 heterocycles. The SMILES string of the molecule is CC(C)C[C@H](CC(=O)C(c1ccccc1)c1ccccc1)C(=O)NC(C)C(=O)C(=O)NCC(=O)C[C@@H](Cc1ccc2ccccc2c1)C(N)=O. The number of nitrogens with two attached hydrogens (primary N) is 1. The van der Waals surface area contributed by atoms with E-state index in [-0.39, 0.29) is 31.0 Å². The highest BCUT2D eigenvalue weighted by molar-refractivity contribution is 6.38. The van der Waals surface area contributed by atoms with E-state index < -0.39 is 59.6 Å². The van der Waals surface area contributed by atoms with Gasteiger partial charge in [-0.25, -0.2) is 0 Å². The minimum atomic E-state index is -1.20. The topological polar surface area (TPSA) is 152 Å². The molecule has 0 saturated carbocycles. The lowest BCUT2D eigenvalue weighted by atomic mass is 9.82. The van der Waals surface area contributed by atoms with Crippen molar-refractivity contribution in [2.45, 2.75) is 58.4 Å². The van der Waals surface area contributed by atoms with Gasteiger partial charge in [0.05, 0.1) is 18.5 Å². The van der Waals surface area contributed by atoms with Crippen LogP contribution in [0, 0.1) is 17.8 Å². The lowest BCUT2D eigenvalue weighted by molar-refractivity contribution is -0.141. The first-order valence-corrected chi connectivity index (χ1v) is 17.0. The maximum atomic E-state index is 13.8. The molecule has 3 atom stereocenters. The Bertz CT molecular complexity index is 1780. The molecule has 0 saturated heterocycles. The summed E-state index contributed by atoms with van der Waals surface area (Å²) in [4.78, 5) is 77.9. The molecule has 4 rings (SSSR count). The highest BCUT2D eigenvalue weighted by atomic mass is 16.2. The van der Waals surface area contributed by atoms with E-state index in [1.54, 1.807) is 0 Å². The Morgan fingerprint density at radius 2 is 1.26 bits per heavy atom. The number of ketones is 3. The van der Waals surface area contributed by atoms with Gasteiger partial charge in [-0.1, -0.05) is 117 Å². The number of carbonyl (C=O) groups is 6. The molecule has 0 bridgehead atoms. The summed E-state index contributed by atoms with van der Waals surface area (Å²) in [5.74, 6) is -5.73. The largest absolute Gasteiger partial charge is 0.369 e. The fourth-order valence-corrected chi connectivity index (χ4v) is 6.20. The number of nitrogens with one attached hydrogen (secondary N) is 2. The lowest BCUT2D eigenvalue weighted by Gasteiger charge is -2.23. The van der Waals surface area contributed by atoms with Crippen LogP contribution in [0.5, 0.6) is 0 Å². The van der Waals surface area contributed by atoms with E-state index in [1.165, 1.54) is 6.92 Å². The Morgan fingerprint density at radius 3 is 1.84 bits per heavy atom. The van der Waals surface area contributed by atoms with Crippen molar-refractivity contribution < 1.29 is 28.8 Å². The van der Waals surface area contributed by atoms with Crippen molar-refractivity contribution in [1.29, 1.82) is 0 Å². The standard InChI is InChI=1S/C41H45N3O6/c1-26(2)20-34(24-36(46)37(30-13-6-4-7-14-30)31-15-8-5-9-16-31)40(49)44-27(3)38(47)41(50)43-25-35(45)23-33(39(42)48)22-28-18-19-29-12-10-11-17-32(29)21-28/h4-19,21,26-27,33-34,37H,20,22-25H2,1-3H3,(H2,42,48)(H,43,50)(H,44,49)/t27?,33-,34-/m1/s1. The van der Waals surface area contributed by atoms with Crippen LogP contribution in [-0.4, -0.2) is 47.7 Å². The first kappa shape index (κ1) is 37.4. The number of Topliss-reactive ketones (excluding diaryl/α,β-unsaturated/α-hetero) is 3. The highest BCUT2D eigenvalue weighted by Crippen LogP contribution is 2.29. The molecule has 4 aromatic rings. The second kappa shape index (κ2) is 17.8. The van der Waals surface area contributed by atoms with E-state index in [4.69, 9.17) is 5.73 Å². The van der Waals surface area contributed by atoms with Crippen molar-refractivity contribution in [3.63, 3.8) is 0 Å². The lowest BCUT2D eigenvalue weighted by Crippen LogP contribution is -2.48. The second-order valence-corrected chi connectivity index (χ2v) is 13.3. The number of primary amides is 1. The molecular formula is C41H45N3O6. The molecule has 260 valence electrons. The summed E-state index contributed by atoms with van der Waals surface area (Å²) in [6, 6.07) is 31.1. The number of carbonyl (C=O) groups excluding carboxylic acids is 6. The van der Waals surface area contributed by atoms with Crippen LogP contribution in [0.2, 0.25) is 0 Å². The highest BCUT2D eigenvalue weighted by Gasteiger charge is 2.32. The third-order valence-electron chi connectivity index (χ3n) is 8.76. The number of fused-ring (bicyclic) bond motifs is 1. The molecule has 3 amide bonds. The van der Waals surface area contributed by atoms with Crippen LogP contribution in [0.25, 0.3) is 10.8 Å². The molecule has 0 aliphatic rings. The van der Waals surface area contributed by atoms with Gasteiger partial charge in [0.25, 0.3) is 5.91 Å². The molecule has 0 aliphatic heterocycles. The second-order valence-electron chi connectivity index (χ2n) is 13.3. The Morgan fingerprint density at radius 1 is 0.680 bits per heavy atom.